The molecule has 17 heavy (non-hydrogen) atoms. The summed E-state index contributed by atoms with van der Waals surface area (Å²) in [5, 5.41) is 4.50. The van der Waals surface area contributed by atoms with Gasteiger partial charge >= 0.3 is 0 Å². The van der Waals surface area contributed by atoms with Crippen LogP contribution in [0.4, 0.5) is 0 Å². The van der Waals surface area contributed by atoms with Gasteiger partial charge in [0.2, 0.25) is 0 Å². The van der Waals surface area contributed by atoms with Crippen molar-refractivity contribution in [1.82, 2.24) is 5.32 Å². The summed E-state index contributed by atoms with van der Waals surface area (Å²) in [6.07, 6.45) is 2.37. The topological polar surface area (TPSA) is 58.5 Å². The molecule has 0 spiro atoms. The van der Waals surface area contributed by atoms with E-state index in [1.165, 1.54) is 6.26 Å². The van der Waals surface area contributed by atoms with Gasteiger partial charge in [-0.3, -0.25) is 4.99 Å². The summed E-state index contributed by atoms with van der Waals surface area (Å²) in [5.74, 6) is 0.163. The molecule has 0 saturated heterocycles. The first-order valence-corrected chi connectivity index (χ1v) is 8.72. The SMILES string of the molecule is CC(C)(C)CC1CN=C(NCCS(C)(=O)=O)S1. The molecule has 4 nitrogen and oxygen atoms in total. The zero-order valence-electron chi connectivity index (χ0n) is 11.0. The van der Waals surface area contributed by atoms with E-state index in [1.807, 2.05) is 0 Å². The molecule has 1 rings (SSSR count). The minimum Gasteiger partial charge on any atom is -0.364 e. The van der Waals surface area contributed by atoms with Gasteiger partial charge in [0.25, 0.3) is 0 Å². The Kier molecular flexibility index (Phi) is 4.89. The molecule has 0 aromatic carbocycles. The first-order valence-electron chi connectivity index (χ1n) is 5.78. The molecule has 100 valence electrons. The second kappa shape index (κ2) is 5.61. The molecule has 1 unspecified atom stereocenters. The van der Waals surface area contributed by atoms with Crippen LogP contribution in [0.5, 0.6) is 0 Å². The van der Waals surface area contributed by atoms with E-state index in [9.17, 15) is 8.42 Å². The molecule has 1 aliphatic rings. The number of amidine groups is 1. The Morgan fingerprint density at radius 3 is 2.65 bits per heavy atom. The summed E-state index contributed by atoms with van der Waals surface area (Å²) in [7, 11) is -2.88. The fraction of sp³-hybridized carbons (Fsp3) is 0.909. The number of hydrogen-bond donors (Lipinski definition) is 1. The molecule has 1 heterocycles. The number of nitrogens with one attached hydrogen (secondary N) is 1. The number of sulfone groups is 1. The number of thioether (sulfide) groups is 1. The second-order valence-corrected chi connectivity index (χ2v) is 9.26. The predicted octanol–water partition coefficient (Wildman–Crippen LogP) is 1.53. The molecule has 0 saturated carbocycles. The van der Waals surface area contributed by atoms with E-state index in [1.54, 1.807) is 11.8 Å². The van der Waals surface area contributed by atoms with Crippen molar-refractivity contribution in [3.05, 3.63) is 0 Å². The van der Waals surface area contributed by atoms with E-state index >= 15 is 0 Å². The van der Waals surface area contributed by atoms with E-state index in [0.717, 1.165) is 18.1 Å². The summed E-state index contributed by atoms with van der Waals surface area (Å²) < 4.78 is 21.9. The average Bonchev–Trinajstić information content (AvgIpc) is 2.46. The van der Waals surface area contributed by atoms with Crippen molar-refractivity contribution in [3.8, 4) is 0 Å². The fourth-order valence-electron chi connectivity index (χ4n) is 1.65. The smallest absolute Gasteiger partial charge is 0.156 e. The van der Waals surface area contributed by atoms with E-state index in [4.69, 9.17) is 0 Å². The Bertz CT molecular complexity index is 383. The standard InChI is InChI=1S/C11H22N2O2S2/c1-11(2,3)7-9-8-13-10(16-9)12-5-6-17(4,14)15/h9H,5-8H2,1-4H3,(H,12,13). The van der Waals surface area contributed by atoms with Crippen molar-refractivity contribution >= 4 is 26.8 Å². The van der Waals surface area contributed by atoms with Crippen molar-refractivity contribution in [3.63, 3.8) is 0 Å². The highest BCUT2D eigenvalue weighted by Gasteiger charge is 2.24. The van der Waals surface area contributed by atoms with Crippen LogP contribution in [0.1, 0.15) is 27.2 Å². The molecule has 0 radical (unpaired) electrons. The summed E-state index contributed by atoms with van der Waals surface area (Å²) in [6, 6.07) is 0. The Morgan fingerprint density at radius 2 is 2.12 bits per heavy atom. The molecular weight excluding hydrogens is 256 g/mol. The van der Waals surface area contributed by atoms with Crippen molar-refractivity contribution in [1.29, 1.82) is 0 Å². The van der Waals surface area contributed by atoms with Gasteiger partial charge in [0.1, 0.15) is 9.84 Å². The fourth-order valence-corrected chi connectivity index (χ4v) is 3.50. The molecule has 0 fully saturated rings. The molecule has 1 N–H and O–H groups in total. The maximum absolute atomic E-state index is 11.0. The zero-order valence-corrected chi connectivity index (χ0v) is 12.6. The van der Waals surface area contributed by atoms with Crippen molar-refractivity contribution < 1.29 is 8.42 Å². The number of hydrogen-bond acceptors (Lipinski definition) is 5. The Hall–Kier alpha value is -0.230. The largest absolute Gasteiger partial charge is 0.364 e. The monoisotopic (exact) mass is 278 g/mol. The maximum Gasteiger partial charge on any atom is 0.156 e. The van der Waals surface area contributed by atoms with Gasteiger partial charge in [-0.25, -0.2) is 8.42 Å². The van der Waals surface area contributed by atoms with Crippen LogP contribution in [0.3, 0.4) is 0 Å². The molecule has 0 aromatic rings. The van der Waals surface area contributed by atoms with Gasteiger partial charge in [-0.05, 0) is 11.8 Å². The number of nitrogens with zero attached hydrogens (tertiary/aromatic N) is 1. The van der Waals surface area contributed by atoms with Crippen LogP contribution in [-0.2, 0) is 9.84 Å². The van der Waals surface area contributed by atoms with E-state index in [0.29, 0.717) is 17.2 Å². The molecule has 6 heteroatoms. The normalized spacial score (nSPS) is 21.4. The lowest BCUT2D eigenvalue weighted by Crippen LogP contribution is -2.26. The molecule has 0 aromatic heterocycles. The highest BCUT2D eigenvalue weighted by Crippen LogP contribution is 2.31. The lowest BCUT2D eigenvalue weighted by molar-refractivity contribution is 0.375. The Morgan fingerprint density at radius 1 is 1.47 bits per heavy atom. The third kappa shape index (κ3) is 6.93. The van der Waals surface area contributed by atoms with Gasteiger partial charge in [0, 0.05) is 18.1 Å². The highest BCUT2D eigenvalue weighted by molar-refractivity contribution is 8.14. The van der Waals surface area contributed by atoms with Crippen molar-refractivity contribution in [2.75, 3.05) is 25.1 Å². The van der Waals surface area contributed by atoms with Gasteiger partial charge in [-0.2, -0.15) is 0 Å². The van der Waals surface area contributed by atoms with Gasteiger partial charge in [-0.1, -0.05) is 32.5 Å². The van der Waals surface area contributed by atoms with E-state index in [2.05, 4.69) is 31.1 Å². The molecular formula is C11H22N2O2S2. The van der Waals surface area contributed by atoms with Gasteiger partial charge in [-0.15, -0.1) is 0 Å². The predicted molar refractivity (Wildman–Crippen MR) is 75.5 cm³/mol. The number of aliphatic imine (C=N–C) groups is 1. The lowest BCUT2D eigenvalue weighted by atomic mass is 9.90. The lowest BCUT2D eigenvalue weighted by Gasteiger charge is -2.21. The average molecular weight is 278 g/mol. The van der Waals surface area contributed by atoms with Crippen LogP contribution in [0.2, 0.25) is 0 Å². The van der Waals surface area contributed by atoms with Gasteiger partial charge in [0.05, 0.1) is 12.3 Å². The third-order valence-electron chi connectivity index (χ3n) is 2.31. The quantitative estimate of drug-likeness (QED) is 0.847. The summed E-state index contributed by atoms with van der Waals surface area (Å²) in [5.41, 5.74) is 0.315. The van der Waals surface area contributed by atoms with Crippen LogP contribution >= 0.6 is 11.8 Å². The highest BCUT2D eigenvalue weighted by atomic mass is 32.2. The summed E-state index contributed by atoms with van der Waals surface area (Å²) >= 11 is 1.73. The third-order valence-corrected chi connectivity index (χ3v) is 4.40. The second-order valence-electron chi connectivity index (χ2n) is 5.71. The molecule has 0 bridgehead atoms. The molecule has 1 aliphatic heterocycles. The van der Waals surface area contributed by atoms with E-state index < -0.39 is 9.84 Å². The Labute approximate surface area is 109 Å². The molecule has 0 aliphatic carbocycles. The minimum absolute atomic E-state index is 0.163. The first-order chi connectivity index (χ1) is 7.66. The Balaban J connectivity index is 2.26. The van der Waals surface area contributed by atoms with Crippen LogP contribution in [0.25, 0.3) is 0 Å². The molecule has 0 amide bonds. The first kappa shape index (κ1) is 14.8. The number of rotatable bonds is 4. The van der Waals surface area contributed by atoms with Crippen molar-refractivity contribution in [2.45, 2.75) is 32.4 Å². The maximum atomic E-state index is 11.0. The van der Waals surface area contributed by atoms with E-state index in [-0.39, 0.29) is 5.75 Å². The van der Waals surface area contributed by atoms with Gasteiger partial charge in [0.15, 0.2) is 5.17 Å². The van der Waals surface area contributed by atoms with Crippen LogP contribution in [0, 0.1) is 5.41 Å². The van der Waals surface area contributed by atoms with Crippen LogP contribution < -0.4 is 5.32 Å². The van der Waals surface area contributed by atoms with Crippen LogP contribution in [0.15, 0.2) is 4.99 Å². The molecule has 1 atom stereocenters. The summed E-state index contributed by atoms with van der Waals surface area (Å²) in [6.45, 7) is 7.96. The van der Waals surface area contributed by atoms with Crippen molar-refractivity contribution in [2.24, 2.45) is 10.4 Å². The van der Waals surface area contributed by atoms with Crippen LogP contribution in [-0.4, -0.2) is 43.9 Å². The minimum atomic E-state index is -2.88. The van der Waals surface area contributed by atoms with Gasteiger partial charge < -0.3 is 5.32 Å². The zero-order chi connectivity index (χ0) is 13.1. The summed E-state index contributed by atoms with van der Waals surface area (Å²) in [4.78, 5) is 4.39.